The molecule has 0 saturated heterocycles. The Kier molecular flexibility index (Phi) is 3.14. The minimum atomic E-state index is -0.357. The molecule has 0 aliphatic rings. The first-order chi connectivity index (χ1) is 7.65. The summed E-state index contributed by atoms with van der Waals surface area (Å²) in [7, 11) is 0. The molecule has 0 bridgehead atoms. The van der Waals surface area contributed by atoms with Gasteiger partial charge in [0.2, 0.25) is 5.88 Å². The largest absolute Gasteiger partial charge is 0.438 e. The third-order valence-corrected chi connectivity index (χ3v) is 2.51. The highest BCUT2D eigenvalue weighted by molar-refractivity contribution is 9.10. The van der Waals surface area contributed by atoms with Crippen molar-refractivity contribution in [1.29, 1.82) is 0 Å². The number of hydrogen-bond acceptors (Lipinski definition) is 3. The van der Waals surface area contributed by atoms with Gasteiger partial charge in [-0.15, -0.1) is 0 Å². The lowest BCUT2D eigenvalue weighted by molar-refractivity contribution is 0.452. The Morgan fingerprint density at radius 2 is 2.12 bits per heavy atom. The Hall–Kier alpha value is -1.49. The molecule has 3 nitrogen and oxygen atoms in total. The van der Waals surface area contributed by atoms with Crippen molar-refractivity contribution >= 4 is 15.9 Å². The van der Waals surface area contributed by atoms with E-state index in [1.54, 1.807) is 25.3 Å². The first-order valence-corrected chi connectivity index (χ1v) is 5.37. The van der Waals surface area contributed by atoms with Crippen molar-refractivity contribution in [2.45, 2.75) is 6.92 Å². The van der Waals surface area contributed by atoms with Gasteiger partial charge in [0.25, 0.3) is 0 Å². The van der Waals surface area contributed by atoms with Crippen molar-refractivity contribution in [3.63, 3.8) is 0 Å². The Labute approximate surface area is 100 Å². The molecule has 0 amide bonds. The van der Waals surface area contributed by atoms with Gasteiger partial charge < -0.3 is 4.74 Å². The summed E-state index contributed by atoms with van der Waals surface area (Å²) in [5.74, 6) is 1.02. The van der Waals surface area contributed by atoms with Crippen molar-refractivity contribution in [3.05, 3.63) is 46.6 Å². The van der Waals surface area contributed by atoms with E-state index in [-0.39, 0.29) is 5.82 Å². The van der Waals surface area contributed by atoms with Gasteiger partial charge in [-0.3, -0.25) is 0 Å². The lowest BCUT2D eigenvalue weighted by Crippen LogP contribution is -1.92. The first-order valence-electron chi connectivity index (χ1n) is 4.58. The molecular weight excluding hydrogens is 275 g/mol. The molecule has 0 atom stereocenters. The van der Waals surface area contributed by atoms with Gasteiger partial charge in [-0.25, -0.2) is 9.37 Å². The van der Waals surface area contributed by atoms with Gasteiger partial charge in [0.1, 0.15) is 17.4 Å². The van der Waals surface area contributed by atoms with Crippen LogP contribution in [0.2, 0.25) is 0 Å². The summed E-state index contributed by atoms with van der Waals surface area (Å²) in [5.41, 5.74) is 0. The predicted octanol–water partition coefficient (Wildman–Crippen LogP) is 3.48. The maximum Gasteiger partial charge on any atom is 0.222 e. The Morgan fingerprint density at radius 1 is 1.31 bits per heavy atom. The quantitative estimate of drug-likeness (QED) is 0.846. The summed E-state index contributed by atoms with van der Waals surface area (Å²) < 4.78 is 19.1. The summed E-state index contributed by atoms with van der Waals surface area (Å²) in [6.07, 6.45) is 1.59. The molecule has 1 heterocycles. The van der Waals surface area contributed by atoms with Crippen LogP contribution in [-0.4, -0.2) is 9.97 Å². The van der Waals surface area contributed by atoms with Crippen LogP contribution in [0.15, 0.2) is 34.9 Å². The summed E-state index contributed by atoms with van der Waals surface area (Å²) in [4.78, 5) is 8.01. The third-order valence-electron chi connectivity index (χ3n) is 1.86. The van der Waals surface area contributed by atoms with E-state index in [1.807, 2.05) is 0 Å². The average molecular weight is 283 g/mol. The van der Waals surface area contributed by atoms with Gasteiger partial charge in [0.05, 0.1) is 4.47 Å². The molecule has 0 radical (unpaired) electrons. The standard InChI is InChI=1S/C11H8BrFN2O/c1-7-14-5-4-11(15-7)16-10-6-8(13)2-3-9(10)12/h2-6H,1H3. The van der Waals surface area contributed by atoms with Crippen molar-refractivity contribution in [2.75, 3.05) is 0 Å². The number of hydrogen-bond donors (Lipinski definition) is 0. The number of ether oxygens (including phenoxy) is 1. The smallest absolute Gasteiger partial charge is 0.222 e. The van der Waals surface area contributed by atoms with E-state index in [2.05, 4.69) is 25.9 Å². The number of aromatic nitrogens is 2. The second kappa shape index (κ2) is 4.57. The number of rotatable bonds is 2. The topological polar surface area (TPSA) is 35.0 Å². The van der Waals surface area contributed by atoms with Crippen LogP contribution < -0.4 is 4.74 Å². The van der Waals surface area contributed by atoms with Crippen LogP contribution in [0, 0.1) is 12.7 Å². The molecule has 1 aromatic heterocycles. The number of nitrogens with zero attached hydrogens (tertiary/aromatic N) is 2. The van der Waals surface area contributed by atoms with Crippen LogP contribution in [0.1, 0.15) is 5.82 Å². The van der Waals surface area contributed by atoms with E-state index >= 15 is 0 Å². The summed E-state index contributed by atoms with van der Waals surface area (Å²) >= 11 is 3.27. The van der Waals surface area contributed by atoms with E-state index in [4.69, 9.17) is 4.74 Å². The molecule has 0 saturated carbocycles. The molecule has 0 aliphatic heterocycles. The monoisotopic (exact) mass is 282 g/mol. The minimum absolute atomic E-state index is 0.357. The molecule has 1 aromatic carbocycles. The van der Waals surface area contributed by atoms with Crippen LogP contribution in [0.5, 0.6) is 11.6 Å². The maximum atomic E-state index is 13.0. The van der Waals surface area contributed by atoms with Crippen molar-refractivity contribution in [1.82, 2.24) is 9.97 Å². The second-order valence-electron chi connectivity index (χ2n) is 3.12. The normalized spacial score (nSPS) is 10.2. The number of benzene rings is 1. The highest BCUT2D eigenvalue weighted by Crippen LogP contribution is 2.29. The zero-order chi connectivity index (χ0) is 11.5. The van der Waals surface area contributed by atoms with Gasteiger partial charge in [0, 0.05) is 18.3 Å². The van der Waals surface area contributed by atoms with Gasteiger partial charge >= 0.3 is 0 Å². The summed E-state index contributed by atoms with van der Waals surface area (Å²) in [6, 6.07) is 5.84. The van der Waals surface area contributed by atoms with E-state index in [1.165, 1.54) is 12.1 Å². The zero-order valence-electron chi connectivity index (χ0n) is 8.45. The van der Waals surface area contributed by atoms with Crippen LogP contribution in [-0.2, 0) is 0 Å². The molecule has 2 rings (SSSR count). The van der Waals surface area contributed by atoms with Crippen molar-refractivity contribution < 1.29 is 9.13 Å². The Bertz CT molecular complexity index is 519. The molecular formula is C11H8BrFN2O. The van der Waals surface area contributed by atoms with Crippen molar-refractivity contribution in [3.8, 4) is 11.6 Å². The molecule has 16 heavy (non-hydrogen) atoms. The first kappa shape index (κ1) is 11.0. The van der Waals surface area contributed by atoms with E-state index in [0.29, 0.717) is 21.9 Å². The Morgan fingerprint density at radius 3 is 2.88 bits per heavy atom. The molecule has 0 unspecified atom stereocenters. The molecule has 0 N–H and O–H groups in total. The fourth-order valence-electron chi connectivity index (χ4n) is 1.16. The van der Waals surface area contributed by atoms with Crippen LogP contribution in [0.25, 0.3) is 0 Å². The van der Waals surface area contributed by atoms with Gasteiger partial charge in [-0.05, 0) is 35.0 Å². The summed E-state index contributed by atoms with van der Waals surface area (Å²) in [6.45, 7) is 1.76. The molecule has 5 heteroatoms. The molecule has 0 fully saturated rings. The van der Waals surface area contributed by atoms with Crippen LogP contribution in [0.4, 0.5) is 4.39 Å². The lowest BCUT2D eigenvalue weighted by Gasteiger charge is -2.06. The molecule has 82 valence electrons. The third kappa shape index (κ3) is 2.55. The zero-order valence-corrected chi connectivity index (χ0v) is 10.0. The minimum Gasteiger partial charge on any atom is -0.438 e. The van der Waals surface area contributed by atoms with Crippen LogP contribution in [0.3, 0.4) is 0 Å². The number of halogens is 2. The van der Waals surface area contributed by atoms with Gasteiger partial charge in [0.15, 0.2) is 0 Å². The van der Waals surface area contributed by atoms with E-state index in [0.717, 1.165) is 0 Å². The average Bonchev–Trinajstić information content (AvgIpc) is 2.24. The predicted molar refractivity (Wildman–Crippen MR) is 60.9 cm³/mol. The molecule has 0 spiro atoms. The highest BCUT2D eigenvalue weighted by Gasteiger charge is 2.05. The lowest BCUT2D eigenvalue weighted by atomic mass is 10.3. The van der Waals surface area contributed by atoms with E-state index < -0.39 is 0 Å². The summed E-state index contributed by atoms with van der Waals surface area (Å²) in [5, 5.41) is 0. The van der Waals surface area contributed by atoms with E-state index in [9.17, 15) is 4.39 Å². The fourth-order valence-corrected chi connectivity index (χ4v) is 1.49. The fraction of sp³-hybridized carbons (Fsp3) is 0.0909. The highest BCUT2D eigenvalue weighted by atomic mass is 79.9. The van der Waals surface area contributed by atoms with Gasteiger partial charge in [-0.1, -0.05) is 0 Å². The molecule has 0 aliphatic carbocycles. The SMILES string of the molecule is Cc1nccc(Oc2cc(F)ccc2Br)n1. The molecule has 2 aromatic rings. The Balaban J connectivity index is 2.30. The van der Waals surface area contributed by atoms with Crippen LogP contribution >= 0.6 is 15.9 Å². The maximum absolute atomic E-state index is 13.0. The van der Waals surface area contributed by atoms with Gasteiger partial charge in [-0.2, -0.15) is 4.98 Å². The number of aryl methyl sites for hydroxylation is 1. The van der Waals surface area contributed by atoms with Crippen molar-refractivity contribution in [2.24, 2.45) is 0 Å². The second-order valence-corrected chi connectivity index (χ2v) is 3.97.